The van der Waals surface area contributed by atoms with Gasteiger partial charge in [0.1, 0.15) is 5.69 Å². The van der Waals surface area contributed by atoms with Crippen LogP contribution in [0.15, 0.2) is 28.6 Å². The Kier molecular flexibility index (Phi) is 8.93. The number of rotatable bonds is 4. The number of amides is 2. The fourth-order valence-corrected chi connectivity index (χ4v) is 2.22. The molecule has 0 spiro atoms. The van der Waals surface area contributed by atoms with Crippen LogP contribution in [0.4, 0.5) is 9.93 Å². The van der Waals surface area contributed by atoms with Gasteiger partial charge in [-0.3, -0.25) is 0 Å². The first-order valence-corrected chi connectivity index (χ1v) is 6.93. The van der Waals surface area contributed by atoms with Gasteiger partial charge in [0.25, 0.3) is 0 Å². The Labute approximate surface area is 149 Å². The summed E-state index contributed by atoms with van der Waals surface area (Å²) in [6.07, 6.45) is 0. The third-order valence-electron chi connectivity index (χ3n) is 2.44. The maximum Gasteiger partial charge on any atom is 0.314 e. The SMILES string of the molecule is CNC(=O)NCc1cccc(-c2csc(N=C(N)N)n2)n1.Cl.Cl. The van der Waals surface area contributed by atoms with Crippen LogP contribution in [-0.2, 0) is 6.54 Å². The zero-order valence-corrected chi connectivity index (χ0v) is 14.6. The van der Waals surface area contributed by atoms with E-state index in [1.165, 1.54) is 11.3 Å². The zero-order chi connectivity index (χ0) is 15.2. The van der Waals surface area contributed by atoms with Gasteiger partial charge in [0.15, 0.2) is 5.96 Å². The quantitative estimate of drug-likeness (QED) is 0.472. The number of carbonyl (C=O) groups is 1. The highest BCUT2D eigenvalue weighted by Gasteiger charge is 2.07. The van der Waals surface area contributed by atoms with Gasteiger partial charge < -0.3 is 22.1 Å². The van der Waals surface area contributed by atoms with Crippen molar-refractivity contribution in [3.8, 4) is 11.4 Å². The van der Waals surface area contributed by atoms with Crippen molar-refractivity contribution < 1.29 is 4.79 Å². The molecule has 126 valence electrons. The van der Waals surface area contributed by atoms with E-state index in [2.05, 4.69) is 25.6 Å². The summed E-state index contributed by atoms with van der Waals surface area (Å²) < 4.78 is 0. The third kappa shape index (κ3) is 6.27. The summed E-state index contributed by atoms with van der Waals surface area (Å²) in [5.41, 5.74) is 12.7. The van der Waals surface area contributed by atoms with Crippen LogP contribution in [0.2, 0.25) is 0 Å². The number of carbonyl (C=O) groups excluding carboxylic acids is 1. The first-order valence-electron chi connectivity index (χ1n) is 6.05. The van der Waals surface area contributed by atoms with Crippen molar-refractivity contribution in [1.82, 2.24) is 20.6 Å². The van der Waals surface area contributed by atoms with E-state index in [1.54, 1.807) is 7.05 Å². The number of nitrogens with one attached hydrogen (secondary N) is 2. The zero-order valence-electron chi connectivity index (χ0n) is 12.1. The van der Waals surface area contributed by atoms with E-state index in [9.17, 15) is 4.79 Å². The summed E-state index contributed by atoms with van der Waals surface area (Å²) >= 11 is 1.32. The highest BCUT2D eigenvalue weighted by atomic mass is 35.5. The minimum absolute atomic E-state index is 0. The summed E-state index contributed by atoms with van der Waals surface area (Å²) in [6.45, 7) is 0.332. The molecule has 0 fully saturated rings. The highest BCUT2D eigenvalue weighted by Crippen LogP contribution is 2.25. The molecule has 0 aliphatic heterocycles. The van der Waals surface area contributed by atoms with Gasteiger partial charge in [0.05, 0.1) is 17.9 Å². The molecule has 0 saturated carbocycles. The second kappa shape index (κ2) is 9.82. The Bertz CT molecular complexity index is 673. The van der Waals surface area contributed by atoms with Gasteiger partial charge in [-0.1, -0.05) is 6.07 Å². The molecule has 0 aliphatic carbocycles. The van der Waals surface area contributed by atoms with Crippen LogP contribution in [0, 0.1) is 0 Å². The van der Waals surface area contributed by atoms with Gasteiger partial charge >= 0.3 is 6.03 Å². The Morgan fingerprint density at radius 3 is 2.65 bits per heavy atom. The number of hydrogen-bond donors (Lipinski definition) is 4. The number of hydrogen-bond acceptors (Lipinski definition) is 5. The van der Waals surface area contributed by atoms with E-state index < -0.39 is 0 Å². The molecular formula is C12H17Cl2N7OS. The summed E-state index contributed by atoms with van der Waals surface area (Å²) in [5, 5.41) is 7.44. The molecule has 0 saturated heterocycles. The smallest absolute Gasteiger partial charge is 0.314 e. The second-order valence-corrected chi connectivity index (χ2v) is 4.84. The van der Waals surface area contributed by atoms with Crippen molar-refractivity contribution in [1.29, 1.82) is 0 Å². The van der Waals surface area contributed by atoms with Gasteiger partial charge in [-0.25, -0.2) is 14.8 Å². The Morgan fingerprint density at radius 2 is 2.00 bits per heavy atom. The molecule has 23 heavy (non-hydrogen) atoms. The minimum Gasteiger partial charge on any atom is -0.370 e. The van der Waals surface area contributed by atoms with Crippen molar-refractivity contribution in [2.45, 2.75) is 6.54 Å². The van der Waals surface area contributed by atoms with Crippen LogP contribution in [0.25, 0.3) is 11.4 Å². The first kappa shape index (κ1) is 20.9. The molecule has 8 nitrogen and oxygen atoms in total. The summed E-state index contributed by atoms with van der Waals surface area (Å²) in [6, 6.07) is 5.24. The van der Waals surface area contributed by atoms with E-state index in [0.717, 1.165) is 5.69 Å². The fraction of sp³-hybridized carbons (Fsp3) is 0.167. The van der Waals surface area contributed by atoms with Crippen molar-refractivity contribution in [2.24, 2.45) is 16.5 Å². The number of guanidine groups is 1. The Balaban J connectivity index is 0.00000242. The fourth-order valence-electron chi connectivity index (χ4n) is 1.52. The van der Waals surface area contributed by atoms with Crippen LogP contribution in [0.3, 0.4) is 0 Å². The number of nitrogens with zero attached hydrogens (tertiary/aromatic N) is 3. The van der Waals surface area contributed by atoms with E-state index in [0.29, 0.717) is 23.1 Å². The van der Waals surface area contributed by atoms with E-state index in [1.807, 2.05) is 23.6 Å². The molecule has 2 aromatic heterocycles. The molecule has 2 amide bonds. The lowest BCUT2D eigenvalue weighted by Gasteiger charge is -2.04. The number of urea groups is 1. The normalized spacial score (nSPS) is 9.09. The number of halogens is 2. The van der Waals surface area contributed by atoms with E-state index in [-0.39, 0.29) is 36.8 Å². The average molecular weight is 378 g/mol. The topological polar surface area (TPSA) is 131 Å². The third-order valence-corrected chi connectivity index (χ3v) is 3.18. The maximum absolute atomic E-state index is 11.1. The first-order chi connectivity index (χ1) is 10.1. The van der Waals surface area contributed by atoms with E-state index in [4.69, 9.17) is 11.5 Å². The van der Waals surface area contributed by atoms with Crippen molar-refractivity contribution >= 4 is 53.3 Å². The summed E-state index contributed by atoms with van der Waals surface area (Å²) in [5.74, 6) is -0.0348. The molecule has 2 rings (SSSR count). The van der Waals surface area contributed by atoms with Gasteiger partial charge in [0, 0.05) is 12.4 Å². The van der Waals surface area contributed by atoms with E-state index >= 15 is 0 Å². The van der Waals surface area contributed by atoms with Crippen molar-refractivity contribution in [2.75, 3.05) is 7.05 Å². The predicted octanol–water partition coefficient (Wildman–Crippen LogP) is 1.38. The number of pyridine rings is 1. The average Bonchev–Trinajstić information content (AvgIpc) is 2.92. The Morgan fingerprint density at radius 1 is 1.26 bits per heavy atom. The molecule has 0 aromatic carbocycles. The van der Waals surface area contributed by atoms with Crippen LogP contribution in [0.1, 0.15) is 5.69 Å². The van der Waals surface area contributed by atoms with Gasteiger partial charge in [-0.15, -0.1) is 36.2 Å². The Hall–Kier alpha value is -2.10. The molecule has 11 heteroatoms. The molecule has 0 radical (unpaired) electrons. The number of aliphatic imine (C=N–C) groups is 1. The van der Waals surface area contributed by atoms with Crippen LogP contribution in [-0.4, -0.2) is 29.0 Å². The lowest BCUT2D eigenvalue weighted by Crippen LogP contribution is -2.32. The molecular weight excluding hydrogens is 361 g/mol. The maximum atomic E-state index is 11.1. The second-order valence-electron chi connectivity index (χ2n) is 4.00. The van der Waals surface area contributed by atoms with Crippen LogP contribution in [0.5, 0.6) is 0 Å². The predicted molar refractivity (Wildman–Crippen MR) is 96.6 cm³/mol. The summed E-state index contributed by atoms with van der Waals surface area (Å²) in [7, 11) is 1.56. The standard InChI is InChI=1S/C12H15N7OS.2ClH/c1-15-11(20)16-5-7-3-2-4-8(17-7)9-6-21-12(18-9)19-10(13)14;;/h2-4,6H,5H2,1H3,(H2,15,16,20)(H4,13,14,18,19);2*1H. The van der Waals surface area contributed by atoms with Gasteiger partial charge in [0.2, 0.25) is 5.13 Å². The lowest BCUT2D eigenvalue weighted by molar-refractivity contribution is 0.242. The highest BCUT2D eigenvalue weighted by molar-refractivity contribution is 7.13. The number of nitrogens with two attached hydrogens (primary N) is 2. The van der Waals surface area contributed by atoms with Crippen LogP contribution >= 0.6 is 36.2 Å². The molecule has 2 heterocycles. The minimum atomic E-state index is -0.258. The van der Waals surface area contributed by atoms with Crippen molar-refractivity contribution in [3.63, 3.8) is 0 Å². The monoisotopic (exact) mass is 377 g/mol. The largest absolute Gasteiger partial charge is 0.370 e. The van der Waals surface area contributed by atoms with Gasteiger partial charge in [-0.2, -0.15) is 4.99 Å². The molecule has 0 bridgehead atoms. The molecule has 6 N–H and O–H groups in total. The number of aromatic nitrogens is 2. The van der Waals surface area contributed by atoms with Crippen LogP contribution < -0.4 is 22.1 Å². The molecule has 0 unspecified atom stereocenters. The molecule has 0 atom stereocenters. The molecule has 0 aliphatic rings. The van der Waals surface area contributed by atoms with Gasteiger partial charge in [-0.05, 0) is 12.1 Å². The van der Waals surface area contributed by atoms with Crippen molar-refractivity contribution in [3.05, 3.63) is 29.3 Å². The molecule has 2 aromatic rings. The number of thiazole rings is 1. The lowest BCUT2D eigenvalue weighted by atomic mass is 10.2. The summed E-state index contributed by atoms with van der Waals surface area (Å²) in [4.78, 5) is 23.7.